The van der Waals surface area contributed by atoms with Crippen molar-refractivity contribution in [3.8, 4) is 0 Å². The first-order chi connectivity index (χ1) is 9.04. The van der Waals surface area contributed by atoms with Crippen LogP contribution in [0.5, 0.6) is 0 Å². The molecule has 2 aromatic rings. The van der Waals surface area contributed by atoms with E-state index in [4.69, 9.17) is 0 Å². The fraction of sp³-hybridized carbons (Fsp3) is 0.412. The Morgan fingerprint density at radius 1 is 1.26 bits per heavy atom. The second-order valence-corrected chi connectivity index (χ2v) is 6.07. The molecule has 0 radical (unpaired) electrons. The van der Waals surface area contributed by atoms with Gasteiger partial charge in [-0.1, -0.05) is 45.0 Å². The number of rotatable bonds is 2. The molecule has 0 saturated heterocycles. The summed E-state index contributed by atoms with van der Waals surface area (Å²) in [5, 5.41) is 5.30. The molecule has 1 N–H and O–H groups in total. The first-order valence-corrected chi connectivity index (χ1v) is 6.99. The number of halogens is 1. The lowest BCUT2D eigenvalue weighted by Gasteiger charge is -2.21. The van der Waals surface area contributed by atoms with Gasteiger partial charge in [-0.2, -0.15) is 0 Å². The first-order valence-electron chi connectivity index (χ1n) is 6.99. The molecule has 0 spiro atoms. The highest BCUT2D eigenvalue weighted by molar-refractivity contribution is 5.89. The third kappa shape index (κ3) is 1.86. The van der Waals surface area contributed by atoms with Crippen LogP contribution in [0.2, 0.25) is 0 Å². The molecule has 0 bridgehead atoms. The SMILES string of the molecule is CCNC1CC(C)(C)c2c1cc(F)c1ccccc21. The number of hydrogen-bond acceptors (Lipinski definition) is 1. The molecule has 0 aromatic heterocycles. The summed E-state index contributed by atoms with van der Waals surface area (Å²) in [7, 11) is 0. The van der Waals surface area contributed by atoms with E-state index in [0.717, 1.165) is 29.3 Å². The van der Waals surface area contributed by atoms with Crippen LogP contribution in [0, 0.1) is 5.82 Å². The predicted molar refractivity (Wildman–Crippen MR) is 78.0 cm³/mol. The highest BCUT2D eigenvalue weighted by Crippen LogP contribution is 2.48. The Kier molecular flexibility index (Phi) is 2.86. The molecule has 1 aliphatic rings. The van der Waals surface area contributed by atoms with Crippen LogP contribution in [-0.4, -0.2) is 6.54 Å². The summed E-state index contributed by atoms with van der Waals surface area (Å²) in [6.07, 6.45) is 1.03. The number of nitrogens with one attached hydrogen (secondary N) is 1. The van der Waals surface area contributed by atoms with Crippen LogP contribution in [-0.2, 0) is 5.41 Å². The zero-order valence-corrected chi connectivity index (χ0v) is 11.8. The Bertz CT molecular complexity index is 630. The van der Waals surface area contributed by atoms with Gasteiger partial charge in [0.05, 0.1) is 0 Å². The van der Waals surface area contributed by atoms with Crippen molar-refractivity contribution in [2.45, 2.75) is 38.6 Å². The van der Waals surface area contributed by atoms with Gasteiger partial charge < -0.3 is 5.32 Å². The van der Waals surface area contributed by atoms with Gasteiger partial charge in [0.2, 0.25) is 0 Å². The van der Waals surface area contributed by atoms with E-state index in [1.165, 1.54) is 5.56 Å². The summed E-state index contributed by atoms with van der Waals surface area (Å²) in [6, 6.07) is 9.84. The molecule has 2 aromatic carbocycles. The molecule has 100 valence electrons. The summed E-state index contributed by atoms with van der Waals surface area (Å²) in [4.78, 5) is 0. The van der Waals surface area contributed by atoms with Gasteiger partial charge in [0, 0.05) is 11.4 Å². The normalized spacial score (nSPS) is 20.7. The van der Waals surface area contributed by atoms with Crippen molar-refractivity contribution >= 4 is 10.8 Å². The van der Waals surface area contributed by atoms with E-state index in [-0.39, 0.29) is 17.3 Å². The standard InChI is InChI=1S/C17H20FN/c1-4-19-15-10-17(2,3)16-12-8-6-5-7-11(12)14(18)9-13(15)16/h5-9,15,19H,4,10H2,1-3H3. The van der Waals surface area contributed by atoms with E-state index < -0.39 is 0 Å². The molecule has 0 heterocycles. The van der Waals surface area contributed by atoms with Crippen LogP contribution < -0.4 is 5.32 Å². The monoisotopic (exact) mass is 257 g/mol. The third-order valence-corrected chi connectivity index (χ3v) is 4.24. The average Bonchev–Trinajstić information content (AvgIpc) is 2.62. The molecule has 0 fully saturated rings. The molecular formula is C17H20FN. The van der Waals surface area contributed by atoms with Gasteiger partial charge in [-0.15, -0.1) is 0 Å². The molecule has 0 saturated carbocycles. The second kappa shape index (κ2) is 4.31. The van der Waals surface area contributed by atoms with Crippen LogP contribution in [0.15, 0.2) is 30.3 Å². The molecule has 1 nitrogen and oxygen atoms in total. The van der Waals surface area contributed by atoms with Crippen LogP contribution in [0.25, 0.3) is 10.8 Å². The minimum absolute atomic E-state index is 0.0927. The van der Waals surface area contributed by atoms with Crippen LogP contribution in [0.3, 0.4) is 0 Å². The minimum Gasteiger partial charge on any atom is -0.310 e. The highest BCUT2D eigenvalue weighted by atomic mass is 19.1. The third-order valence-electron chi connectivity index (χ3n) is 4.24. The van der Waals surface area contributed by atoms with Crippen molar-refractivity contribution in [1.82, 2.24) is 5.32 Å². The van der Waals surface area contributed by atoms with Gasteiger partial charge in [-0.3, -0.25) is 0 Å². The maximum Gasteiger partial charge on any atom is 0.131 e. The Hall–Kier alpha value is -1.41. The van der Waals surface area contributed by atoms with Gasteiger partial charge in [0.1, 0.15) is 5.82 Å². The fourth-order valence-corrected chi connectivity index (χ4v) is 3.53. The fourth-order valence-electron chi connectivity index (χ4n) is 3.53. The maximum absolute atomic E-state index is 14.3. The number of hydrogen-bond donors (Lipinski definition) is 1. The molecule has 1 aliphatic carbocycles. The van der Waals surface area contributed by atoms with Gasteiger partial charge in [0.15, 0.2) is 0 Å². The summed E-state index contributed by atoms with van der Waals surface area (Å²) in [5.74, 6) is -0.102. The lowest BCUT2D eigenvalue weighted by Crippen LogP contribution is -2.20. The van der Waals surface area contributed by atoms with Gasteiger partial charge >= 0.3 is 0 Å². The van der Waals surface area contributed by atoms with Crippen LogP contribution in [0.4, 0.5) is 4.39 Å². The molecule has 1 atom stereocenters. The summed E-state index contributed by atoms with van der Waals surface area (Å²) < 4.78 is 14.3. The molecule has 0 aliphatic heterocycles. The van der Waals surface area contributed by atoms with E-state index in [1.54, 1.807) is 6.07 Å². The predicted octanol–water partition coefficient (Wildman–Crippen LogP) is 4.31. The summed E-state index contributed by atoms with van der Waals surface area (Å²) in [5.41, 5.74) is 2.55. The van der Waals surface area contributed by atoms with Gasteiger partial charge in [0.25, 0.3) is 0 Å². The van der Waals surface area contributed by atoms with E-state index in [0.29, 0.717) is 0 Å². The van der Waals surface area contributed by atoms with E-state index in [1.807, 2.05) is 24.3 Å². The van der Waals surface area contributed by atoms with Crippen molar-refractivity contribution in [2.24, 2.45) is 0 Å². The molecule has 1 unspecified atom stereocenters. The van der Waals surface area contributed by atoms with Gasteiger partial charge in [-0.25, -0.2) is 4.39 Å². The smallest absolute Gasteiger partial charge is 0.131 e. The van der Waals surface area contributed by atoms with Crippen molar-refractivity contribution in [3.05, 3.63) is 47.3 Å². The van der Waals surface area contributed by atoms with Crippen molar-refractivity contribution in [1.29, 1.82) is 0 Å². The molecule has 3 rings (SSSR count). The largest absolute Gasteiger partial charge is 0.310 e. The zero-order valence-electron chi connectivity index (χ0n) is 11.8. The van der Waals surface area contributed by atoms with Crippen LogP contribution in [0.1, 0.15) is 44.4 Å². The molecule has 19 heavy (non-hydrogen) atoms. The Labute approximate surface area is 113 Å². The lowest BCUT2D eigenvalue weighted by molar-refractivity contribution is 0.434. The highest BCUT2D eigenvalue weighted by Gasteiger charge is 2.38. The summed E-state index contributed by atoms with van der Waals surface area (Å²) in [6.45, 7) is 7.53. The maximum atomic E-state index is 14.3. The Morgan fingerprint density at radius 3 is 2.63 bits per heavy atom. The topological polar surface area (TPSA) is 12.0 Å². The van der Waals surface area contributed by atoms with Crippen LogP contribution >= 0.6 is 0 Å². The zero-order chi connectivity index (χ0) is 13.6. The summed E-state index contributed by atoms with van der Waals surface area (Å²) >= 11 is 0. The Morgan fingerprint density at radius 2 is 1.95 bits per heavy atom. The van der Waals surface area contributed by atoms with Crippen molar-refractivity contribution < 1.29 is 4.39 Å². The molecular weight excluding hydrogens is 237 g/mol. The lowest BCUT2D eigenvalue weighted by atomic mass is 9.83. The molecule has 2 heteroatoms. The van der Waals surface area contributed by atoms with Gasteiger partial charge in [-0.05, 0) is 41.0 Å². The van der Waals surface area contributed by atoms with E-state index in [2.05, 4.69) is 26.1 Å². The average molecular weight is 257 g/mol. The Balaban J connectivity index is 2.32. The van der Waals surface area contributed by atoms with Crippen molar-refractivity contribution in [3.63, 3.8) is 0 Å². The van der Waals surface area contributed by atoms with Crippen molar-refractivity contribution in [2.75, 3.05) is 6.54 Å². The quantitative estimate of drug-likeness (QED) is 0.845. The second-order valence-electron chi connectivity index (χ2n) is 6.07. The van der Waals surface area contributed by atoms with E-state index >= 15 is 0 Å². The number of fused-ring (bicyclic) bond motifs is 3. The van der Waals surface area contributed by atoms with E-state index in [9.17, 15) is 4.39 Å². The first kappa shape index (κ1) is 12.6. The molecule has 0 amide bonds. The minimum atomic E-state index is -0.102. The number of benzene rings is 2.